The summed E-state index contributed by atoms with van der Waals surface area (Å²) in [6.45, 7) is 0. The summed E-state index contributed by atoms with van der Waals surface area (Å²) < 4.78 is 27.6. The second-order valence-corrected chi connectivity index (χ2v) is 5.26. The Morgan fingerprint density at radius 1 is 1.10 bits per heavy atom. The van der Waals surface area contributed by atoms with Gasteiger partial charge in [0.05, 0.1) is 0 Å². The maximum atomic E-state index is 13.8. The molecule has 5 heteroatoms. The molecule has 0 fully saturated rings. The molecule has 106 valence electrons. The molecule has 2 aromatic carbocycles. The average molecular weight is 316 g/mol. The van der Waals surface area contributed by atoms with Gasteiger partial charge in [0.1, 0.15) is 11.6 Å². The number of benzene rings is 2. The molecule has 1 atom stereocenters. The van der Waals surface area contributed by atoms with Gasteiger partial charge < -0.3 is 5.32 Å². The Bertz CT molecular complexity index is 597. The van der Waals surface area contributed by atoms with Gasteiger partial charge in [-0.25, -0.2) is 8.78 Å². The fraction of sp³-hybridized carbons (Fsp3) is 0.200. The minimum Gasteiger partial charge on any atom is -0.313 e. The Morgan fingerprint density at radius 3 is 2.30 bits per heavy atom. The van der Waals surface area contributed by atoms with E-state index < -0.39 is 17.7 Å². The van der Waals surface area contributed by atoms with Gasteiger partial charge in [-0.05, 0) is 43.3 Å². The Kier molecular flexibility index (Phi) is 4.97. The third kappa shape index (κ3) is 3.29. The molecule has 0 saturated heterocycles. The SMILES string of the molecule is CNC(Cc1ccc(Cl)cc1Cl)c1c(F)cccc1F. The average Bonchev–Trinajstić information content (AvgIpc) is 2.39. The fourth-order valence-electron chi connectivity index (χ4n) is 2.10. The monoisotopic (exact) mass is 315 g/mol. The highest BCUT2D eigenvalue weighted by Gasteiger charge is 2.20. The van der Waals surface area contributed by atoms with Crippen molar-refractivity contribution < 1.29 is 8.78 Å². The van der Waals surface area contributed by atoms with Crippen LogP contribution in [0.15, 0.2) is 36.4 Å². The van der Waals surface area contributed by atoms with Crippen LogP contribution in [0.1, 0.15) is 17.2 Å². The van der Waals surface area contributed by atoms with Crippen molar-refractivity contribution in [2.24, 2.45) is 0 Å². The molecule has 0 saturated carbocycles. The lowest BCUT2D eigenvalue weighted by Crippen LogP contribution is -2.21. The van der Waals surface area contributed by atoms with E-state index in [0.29, 0.717) is 16.5 Å². The largest absolute Gasteiger partial charge is 0.313 e. The first-order valence-electron chi connectivity index (χ1n) is 6.08. The minimum atomic E-state index is -0.575. The molecular formula is C15H13Cl2F2N. The third-order valence-electron chi connectivity index (χ3n) is 3.14. The van der Waals surface area contributed by atoms with E-state index in [1.165, 1.54) is 18.2 Å². The van der Waals surface area contributed by atoms with Crippen LogP contribution in [0.5, 0.6) is 0 Å². The highest BCUT2D eigenvalue weighted by atomic mass is 35.5. The van der Waals surface area contributed by atoms with Crippen molar-refractivity contribution in [2.75, 3.05) is 7.05 Å². The van der Waals surface area contributed by atoms with E-state index in [-0.39, 0.29) is 5.56 Å². The zero-order valence-corrected chi connectivity index (χ0v) is 12.3. The highest BCUT2D eigenvalue weighted by Crippen LogP contribution is 2.28. The Labute approximate surface area is 126 Å². The second-order valence-electron chi connectivity index (χ2n) is 4.42. The van der Waals surface area contributed by atoms with E-state index in [2.05, 4.69) is 5.32 Å². The van der Waals surface area contributed by atoms with Gasteiger partial charge in [-0.3, -0.25) is 0 Å². The van der Waals surface area contributed by atoms with Crippen LogP contribution in [0.4, 0.5) is 8.78 Å². The van der Waals surface area contributed by atoms with E-state index in [0.717, 1.165) is 5.56 Å². The molecule has 0 bridgehead atoms. The van der Waals surface area contributed by atoms with Crippen molar-refractivity contribution in [3.05, 3.63) is 69.2 Å². The Balaban J connectivity index is 2.34. The van der Waals surface area contributed by atoms with Crippen molar-refractivity contribution in [2.45, 2.75) is 12.5 Å². The van der Waals surface area contributed by atoms with Crippen LogP contribution in [0.25, 0.3) is 0 Å². The van der Waals surface area contributed by atoms with Crippen LogP contribution in [0, 0.1) is 11.6 Å². The molecule has 0 heterocycles. The van der Waals surface area contributed by atoms with E-state index in [1.54, 1.807) is 25.2 Å². The molecule has 1 unspecified atom stereocenters. The van der Waals surface area contributed by atoms with Crippen molar-refractivity contribution in [1.29, 1.82) is 0 Å². The number of halogens is 4. The van der Waals surface area contributed by atoms with E-state index >= 15 is 0 Å². The predicted molar refractivity (Wildman–Crippen MR) is 78.3 cm³/mol. The lowest BCUT2D eigenvalue weighted by atomic mass is 9.98. The number of likely N-dealkylation sites (N-methyl/N-ethyl adjacent to an activating group) is 1. The summed E-state index contributed by atoms with van der Waals surface area (Å²) in [7, 11) is 1.65. The van der Waals surface area contributed by atoms with Gasteiger partial charge in [0.25, 0.3) is 0 Å². The first-order chi connectivity index (χ1) is 9.52. The van der Waals surface area contributed by atoms with Crippen LogP contribution >= 0.6 is 23.2 Å². The number of rotatable bonds is 4. The molecule has 2 aromatic rings. The molecule has 0 aliphatic heterocycles. The summed E-state index contributed by atoms with van der Waals surface area (Å²) in [4.78, 5) is 0. The van der Waals surface area contributed by atoms with Gasteiger partial charge in [-0.15, -0.1) is 0 Å². The Hall–Kier alpha value is -1.16. The fourth-order valence-corrected chi connectivity index (χ4v) is 2.58. The van der Waals surface area contributed by atoms with Gasteiger partial charge in [0.15, 0.2) is 0 Å². The summed E-state index contributed by atoms with van der Waals surface area (Å²) >= 11 is 11.9. The third-order valence-corrected chi connectivity index (χ3v) is 3.72. The van der Waals surface area contributed by atoms with Crippen molar-refractivity contribution in [1.82, 2.24) is 5.32 Å². The molecule has 0 amide bonds. The van der Waals surface area contributed by atoms with Gasteiger partial charge in [0, 0.05) is 21.7 Å². The van der Waals surface area contributed by atoms with Crippen LogP contribution in [0.2, 0.25) is 10.0 Å². The highest BCUT2D eigenvalue weighted by molar-refractivity contribution is 6.35. The molecule has 0 spiro atoms. The quantitative estimate of drug-likeness (QED) is 0.856. The van der Waals surface area contributed by atoms with Crippen LogP contribution in [-0.4, -0.2) is 7.05 Å². The molecule has 0 aromatic heterocycles. The molecule has 20 heavy (non-hydrogen) atoms. The Morgan fingerprint density at radius 2 is 1.75 bits per heavy atom. The normalized spacial score (nSPS) is 12.4. The first-order valence-corrected chi connectivity index (χ1v) is 6.83. The second kappa shape index (κ2) is 6.53. The summed E-state index contributed by atoms with van der Waals surface area (Å²) in [5.74, 6) is -1.15. The topological polar surface area (TPSA) is 12.0 Å². The van der Waals surface area contributed by atoms with E-state index in [4.69, 9.17) is 23.2 Å². The van der Waals surface area contributed by atoms with Crippen LogP contribution in [-0.2, 0) is 6.42 Å². The molecule has 0 aliphatic rings. The number of hydrogen-bond acceptors (Lipinski definition) is 1. The lowest BCUT2D eigenvalue weighted by Gasteiger charge is -2.19. The van der Waals surface area contributed by atoms with Crippen molar-refractivity contribution in [3.8, 4) is 0 Å². The zero-order chi connectivity index (χ0) is 14.7. The number of hydrogen-bond donors (Lipinski definition) is 1. The van der Waals surface area contributed by atoms with Gasteiger partial charge in [-0.2, -0.15) is 0 Å². The maximum Gasteiger partial charge on any atom is 0.130 e. The van der Waals surface area contributed by atoms with Crippen LogP contribution in [0.3, 0.4) is 0 Å². The summed E-state index contributed by atoms with van der Waals surface area (Å²) in [5.41, 5.74) is 0.791. The number of nitrogens with one attached hydrogen (secondary N) is 1. The van der Waals surface area contributed by atoms with E-state index in [1.807, 2.05) is 0 Å². The maximum absolute atomic E-state index is 13.8. The summed E-state index contributed by atoms with van der Waals surface area (Å²) in [6.07, 6.45) is 0.365. The lowest BCUT2D eigenvalue weighted by molar-refractivity contribution is 0.489. The first kappa shape index (κ1) is 15.2. The predicted octanol–water partition coefficient (Wildman–Crippen LogP) is 4.77. The van der Waals surface area contributed by atoms with Gasteiger partial charge in [0.2, 0.25) is 0 Å². The van der Waals surface area contributed by atoms with Crippen molar-refractivity contribution in [3.63, 3.8) is 0 Å². The smallest absolute Gasteiger partial charge is 0.130 e. The minimum absolute atomic E-state index is 0.0148. The zero-order valence-electron chi connectivity index (χ0n) is 10.8. The van der Waals surface area contributed by atoms with Crippen LogP contribution < -0.4 is 5.32 Å². The van der Waals surface area contributed by atoms with Gasteiger partial charge in [-0.1, -0.05) is 35.3 Å². The van der Waals surface area contributed by atoms with Crippen molar-refractivity contribution >= 4 is 23.2 Å². The molecule has 2 rings (SSSR count). The molecule has 1 nitrogen and oxygen atoms in total. The summed E-state index contributed by atoms with van der Waals surface area (Å²) in [5, 5.41) is 3.92. The standard InChI is InChI=1S/C15H13Cl2F2N/c1-20-14(15-12(18)3-2-4-13(15)19)7-9-5-6-10(16)8-11(9)17/h2-6,8,14,20H,7H2,1H3. The van der Waals surface area contributed by atoms with Gasteiger partial charge >= 0.3 is 0 Å². The molecule has 0 aliphatic carbocycles. The summed E-state index contributed by atoms with van der Waals surface area (Å²) in [6, 6.07) is 8.40. The van der Waals surface area contributed by atoms with E-state index in [9.17, 15) is 8.78 Å². The molecule has 1 N–H and O–H groups in total. The molecular weight excluding hydrogens is 303 g/mol. The molecule has 0 radical (unpaired) electrons.